The monoisotopic (exact) mass is 346 g/mol. The van der Waals surface area contributed by atoms with Gasteiger partial charge in [-0.2, -0.15) is 0 Å². The van der Waals surface area contributed by atoms with Gasteiger partial charge in [-0.05, 0) is 40.5 Å². The zero-order valence-corrected chi connectivity index (χ0v) is 15.4. The van der Waals surface area contributed by atoms with Crippen molar-refractivity contribution in [2.24, 2.45) is 0 Å². The van der Waals surface area contributed by atoms with Gasteiger partial charge in [-0.25, -0.2) is 0 Å². The summed E-state index contributed by atoms with van der Waals surface area (Å²) in [4.78, 5) is 0. The van der Waals surface area contributed by atoms with Crippen LogP contribution in [-0.2, 0) is 11.3 Å². The molecule has 3 aromatic rings. The fourth-order valence-corrected chi connectivity index (χ4v) is 2.98. The van der Waals surface area contributed by atoms with Crippen LogP contribution in [0.25, 0.3) is 16.8 Å². The van der Waals surface area contributed by atoms with E-state index in [4.69, 9.17) is 9.47 Å². The van der Waals surface area contributed by atoms with Crippen LogP contribution in [0.3, 0.4) is 0 Å². The van der Waals surface area contributed by atoms with E-state index in [1.54, 1.807) is 0 Å². The lowest BCUT2D eigenvalue weighted by Gasteiger charge is -2.20. The molecule has 0 N–H and O–H groups in total. The van der Waals surface area contributed by atoms with Gasteiger partial charge in [0.1, 0.15) is 5.75 Å². The maximum Gasteiger partial charge on any atom is 0.200 e. The van der Waals surface area contributed by atoms with E-state index in [0.29, 0.717) is 6.61 Å². The van der Waals surface area contributed by atoms with Crippen LogP contribution < -0.4 is 4.74 Å². The van der Waals surface area contributed by atoms with Crippen LogP contribution in [0.2, 0.25) is 0 Å². The molecule has 0 amide bonds. The van der Waals surface area contributed by atoms with Gasteiger partial charge in [0.05, 0.1) is 6.61 Å². The zero-order valence-electron chi connectivity index (χ0n) is 15.4. The lowest BCUT2D eigenvalue weighted by atomic mass is 10.1. The summed E-state index contributed by atoms with van der Waals surface area (Å²) in [5.41, 5.74) is 2.27. The van der Waals surface area contributed by atoms with Crippen LogP contribution in [0.4, 0.5) is 0 Å². The highest BCUT2D eigenvalue weighted by atomic mass is 16.7. The summed E-state index contributed by atoms with van der Waals surface area (Å²) in [6.45, 7) is 6.51. The molecule has 134 valence electrons. The summed E-state index contributed by atoms with van der Waals surface area (Å²) in [6, 6.07) is 22.7. The molecule has 1 unspecified atom stereocenters. The second kappa shape index (κ2) is 9.21. The topological polar surface area (TPSA) is 18.5 Å². The lowest BCUT2D eigenvalue weighted by molar-refractivity contribution is -0.0939. The van der Waals surface area contributed by atoms with E-state index in [1.165, 1.54) is 16.3 Å². The molecule has 0 heterocycles. The van der Waals surface area contributed by atoms with Crippen molar-refractivity contribution in [2.45, 2.75) is 39.1 Å². The fourth-order valence-electron chi connectivity index (χ4n) is 2.98. The molecule has 0 saturated carbocycles. The smallest absolute Gasteiger partial charge is 0.200 e. The van der Waals surface area contributed by atoms with Crippen LogP contribution >= 0.6 is 0 Å². The summed E-state index contributed by atoms with van der Waals surface area (Å²) < 4.78 is 12.2. The van der Waals surface area contributed by atoms with Crippen molar-refractivity contribution < 1.29 is 9.47 Å². The summed E-state index contributed by atoms with van der Waals surface area (Å²) in [7, 11) is 0. The quantitative estimate of drug-likeness (QED) is 0.407. The Kier molecular flexibility index (Phi) is 6.45. The van der Waals surface area contributed by atoms with Gasteiger partial charge < -0.3 is 9.47 Å². The van der Waals surface area contributed by atoms with E-state index in [9.17, 15) is 0 Å². The molecule has 0 radical (unpaired) electrons. The predicted molar refractivity (Wildman–Crippen MR) is 109 cm³/mol. The average Bonchev–Trinajstić information content (AvgIpc) is 2.70. The molecule has 0 aliphatic carbocycles. The Morgan fingerprint density at radius 3 is 2.50 bits per heavy atom. The Morgan fingerprint density at radius 2 is 1.73 bits per heavy atom. The van der Waals surface area contributed by atoms with Gasteiger partial charge >= 0.3 is 0 Å². The van der Waals surface area contributed by atoms with Crippen LogP contribution in [-0.4, -0.2) is 6.29 Å². The number of unbranched alkanes of at least 4 members (excludes halogenated alkanes) is 1. The zero-order chi connectivity index (χ0) is 18.2. The van der Waals surface area contributed by atoms with Crippen molar-refractivity contribution in [1.29, 1.82) is 0 Å². The average molecular weight is 346 g/mol. The molecule has 0 saturated heterocycles. The Bertz CT molecular complexity index is 831. The van der Waals surface area contributed by atoms with Gasteiger partial charge in [0, 0.05) is 6.42 Å². The summed E-state index contributed by atoms with van der Waals surface area (Å²) in [5, 5.41) is 2.47. The first-order chi connectivity index (χ1) is 12.8. The minimum atomic E-state index is -0.247. The fraction of sp³-hybridized carbons (Fsp3) is 0.250. The van der Waals surface area contributed by atoms with Crippen molar-refractivity contribution in [1.82, 2.24) is 0 Å². The highest BCUT2D eigenvalue weighted by Crippen LogP contribution is 2.22. The molecule has 0 fully saturated rings. The SMILES string of the molecule is C=Cc1ccc(OC(CCCC)OCc2cccc3ccccc23)cc1. The van der Waals surface area contributed by atoms with Gasteiger partial charge in [0.15, 0.2) is 6.29 Å². The van der Waals surface area contributed by atoms with Crippen LogP contribution in [0.5, 0.6) is 5.75 Å². The summed E-state index contributed by atoms with van der Waals surface area (Å²) >= 11 is 0. The van der Waals surface area contributed by atoms with Crippen LogP contribution in [0.1, 0.15) is 37.3 Å². The van der Waals surface area contributed by atoms with E-state index in [2.05, 4.69) is 56.0 Å². The molecular weight excluding hydrogens is 320 g/mol. The Hall–Kier alpha value is -2.58. The maximum atomic E-state index is 6.16. The molecule has 3 aromatic carbocycles. The Morgan fingerprint density at radius 1 is 0.962 bits per heavy atom. The first-order valence-electron chi connectivity index (χ1n) is 9.27. The van der Waals surface area contributed by atoms with Gasteiger partial charge in [-0.3, -0.25) is 0 Å². The van der Waals surface area contributed by atoms with E-state index < -0.39 is 0 Å². The standard InChI is InChI=1S/C24H26O2/c1-3-5-13-24(26-22-16-14-19(4-2)15-17-22)25-18-21-11-8-10-20-9-6-7-12-23(20)21/h4,6-12,14-17,24H,2-3,5,13,18H2,1H3. The number of hydrogen-bond donors (Lipinski definition) is 0. The van der Waals surface area contributed by atoms with E-state index >= 15 is 0 Å². The van der Waals surface area contributed by atoms with Gasteiger partial charge in [0.2, 0.25) is 0 Å². The number of rotatable bonds is 9. The molecule has 26 heavy (non-hydrogen) atoms. The highest BCUT2D eigenvalue weighted by molar-refractivity contribution is 5.85. The minimum absolute atomic E-state index is 0.247. The number of hydrogen-bond acceptors (Lipinski definition) is 2. The molecule has 0 aliphatic rings. The van der Waals surface area contributed by atoms with Crippen molar-refractivity contribution in [2.75, 3.05) is 0 Å². The first kappa shape index (κ1) is 18.2. The number of ether oxygens (including phenoxy) is 2. The first-order valence-corrected chi connectivity index (χ1v) is 9.27. The molecule has 0 aliphatic heterocycles. The Balaban J connectivity index is 1.70. The number of fused-ring (bicyclic) bond motifs is 1. The van der Waals surface area contributed by atoms with E-state index in [0.717, 1.165) is 30.6 Å². The number of benzene rings is 3. The molecule has 1 atom stereocenters. The maximum absolute atomic E-state index is 6.16. The second-order valence-corrected chi connectivity index (χ2v) is 6.41. The third kappa shape index (κ3) is 4.74. The van der Waals surface area contributed by atoms with Gasteiger partial charge in [-0.15, -0.1) is 0 Å². The second-order valence-electron chi connectivity index (χ2n) is 6.41. The molecule has 2 nitrogen and oxygen atoms in total. The lowest BCUT2D eigenvalue weighted by Crippen LogP contribution is -2.20. The molecule has 0 bridgehead atoms. The third-order valence-corrected chi connectivity index (χ3v) is 4.48. The summed E-state index contributed by atoms with van der Waals surface area (Å²) in [6.07, 6.45) is 4.65. The highest BCUT2D eigenvalue weighted by Gasteiger charge is 2.12. The Labute approximate surface area is 156 Å². The third-order valence-electron chi connectivity index (χ3n) is 4.48. The molecule has 0 aromatic heterocycles. The predicted octanol–water partition coefficient (Wildman–Crippen LogP) is 6.59. The largest absolute Gasteiger partial charge is 0.465 e. The van der Waals surface area contributed by atoms with E-state index in [1.807, 2.05) is 30.3 Å². The minimum Gasteiger partial charge on any atom is -0.465 e. The van der Waals surface area contributed by atoms with Crippen molar-refractivity contribution in [3.05, 3.63) is 84.4 Å². The molecular formula is C24H26O2. The van der Waals surface area contributed by atoms with Crippen LogP contribution in [0.15, 0.2) is 73.3 Å². The van der Waals surface area contributed by atoms with E-state index in [-0.39, 0.29) is 6.29 Å². The summed E-state index contributed by atoms with van der Waals surface area (Å²) in [5.74, 6) is 0.828. The van der Waals surface area contributed by atoms with Gasteiger partial charge in [0.25, 0.3) is 0 Å². The molecule has 3 rings (SSSR count). The van der Waals surface area contributed by atoms with Crippen molar-refractivity contribution in [3.63, 3.8) is 0 Å². The molecule has 2 heteroatoms. The molecule has 0 spiro atoms. The van der Waals surface area contributed by atoms with Crippen molar-refractivity contribution >= 4 is 16.8 Å². The van der Waals surface area contributed by atoms with Gasteiger partial charge in [-0.1, -0.05) is 80.6 Å². The van der Waals surface area contributed by atoms with Crippen LogP contribution in [0, 0.1) is 0 Å². The normalized spacial score (nSPS) is 12.0. The van der Waals surface area contributed by atoms with Crippen molar-refractivity contribution in [3.8, 4) is 5.75 Å².